The molecule has 0 heterocycles. The maximum Gasteiger partial charge on any atom is 0.530 e. The summed E-state index contributed by atoms with van der Waals surface area (Å²) >= 11 is 5.41. The van der Waals surface area contributed by atoms with Gasteiger partial charge < -0.3 is 13.6 Å². The molecule has 0 aliphatic heterocycles. The predicted molar refractivity (Wildman–Crippen MR) is 264 cm³/mol. The van der Waals surface area contributed by atoms with E-state index in [1.54, 1.807) is 35.3 Å². The highest BCUT2D eigenvalue weighted by atomic mass is 32.2. The molecule has 0 spiro atoms. The molecule has 0 unspecified atom stereocenters. The molecule has 7 heteroatoms. The van der Waals surface area contributed by atoms with Crippen molar-refractivity contribution in [2.24, 2.45) is 0 Å². The van der Waals surface area contributed by atoms with Crippen LogP contribution < -0.4 is 13.6 Å². The summed E-state index contributed by atoms with van der Waals surface area (Å²) in [5, 5.41) is 0. The van der Waals surface area contributed by atoms with Gasteiger partial charge in [-0.3, -0.25) is 0 Å². The van der Waals surface area contributed by atoms with Gasteiger partial charge in [-0.25, -0.2) is 0 Å². The fourth-order valence-corrected chi connectivity index (χ4v) is 11.6. The molecular weight excluding hydrogens is 824 g/mol. The van der Waals surface area contributed by atoms with Gasteiger partial charge >= 0.3 is 8.60 Å². The van der Waals surface area contributed by atoms with Crippen LogP contribution in [-0.2, 0) is 16.2 Å². The summed E-state index contributed by atoms with van der Waals surface area (Å²) < 4.78 is 20.0. The van der Waals surface area contributed by atoms with Crippen molar-refractivity contribution in [2.45, 2.75) is 149 Å². The number of aryl methyl sites for hydroxylation is 6. The number of hydrogen-bond acceptors (Lipinski definition) is 6. The Morgan fingerprint density at radius 1 is 0.328 bits per heavy atom. The summed E-state index contributed by atoms with van der Waals surface area (Å²) in [7, 11) is -1.89. The molecule has 6 aromatic rings. The van der Waals surface area contributed by atoms with Crippen LogP contribution in [0.2, 0.25) is 0 Å². The summed E-state index contributed by atoms with van der Waals surface area (Å²) in [6.45, 7) is 33.4. The minimum Gasteiger partial charge on any atom is -0.408 e. The molecule has 0 saturated carbocycles. The average Bonchev–Trinajstić information content (AvgIpc) is 3.15. The van der Waals surface area contributed by atoms with E-state index in [0.717, 1.165) is 16.7 Å². The highest BCUT2D eigenvalue weighted by Crippen LogP contribution is 2.47. The van der Waals surface area contributed by atoms with Gasteiger partial charge in [-0.05, 0) is 164 Å². The molecule has 0 radical (unpaired) electrons. The largest absolute Gasteiger partial charge is 0.530 e. The van der Waals surface area contributed by atoms with Crippen LogP contribution in [0.25, 0.3) is 0 Å². The fraction of sp³-hybridized carbons (Fsp3) is 0.333. The van der Waals surface area contributed by atoms with E-state index >= 15 is 0 Å². The Hall–Kier alpha value is -3.80. The minimum atomic E-state index is -1.89. The highest BCUT2D eigenvalue weighted by molar-refractivity contribution is 8.00. The van der Waals surface area contributed by atoms with Gasteiger partial charge in [-0.15, -0.1) is 0 Å². The minimum absolute atomic E-state index is 0.0341. The zero-order valence-electron chi connectivity index (χ0n) is 38.8. The molecule has 0 saturated heterocycles. The van der Waals surface area contributed by atoms with Crippen LogP contribution in [0.4, 0.5) is 0 Å². The molecular formula is C54H63O3PS3. The van der Waals surface area contributed by atoms with E-state index in [0.29, 0.717) is 17.2 Å². The van der Waals surface area contributed by atoms with E-state index in [-0.39, 0.29) is 16.2 Å². The van der Waals surface area contributed by atoms with E-state index < -0.39 is 8.60 Å². The van der Waals surface area contributed by atoms with Crippen LogP contribution in [-0.4, -0.2) is 0 Å². The van der Waals surface area contributed by atoms with Gasteiger partial charge in [-0.1, -0.05) is 151 Å². The molecule has 0 fully saturated rings. The van der Waals surface area contributed by atoms with Gasteiger partial charge in [0, 0.05) is 29.4 Å². The molecule has 0 atom stereocenters. The lowest BCUT2D eigenvalue weighted by molar-refractivity contribution is 0.387. The quantitative estimate of drug-likeness (QED) is 0.114. The van der Waals surface area contributed by atoms with Crippen LogP contribution in [0.15, 0.2) is 139 Å². The normalized spacial score (nSPS) is 12.2. The van der Waals surface area contributed by atoms with E-state index in [2.05, 4.69) is 195 Å². The SMILES string of the molecule is Cc1ccc(Sc2ccc(OP(Oc3ccc(Sc4ccc(C)cc4C(C)(C)C)c(C)c3)Oc3ccc(Sc4ccc(C)cc4C(C)(C)C)c(C)c3)cc2C)c(C(C)(C)C)c1. The predicted octanol–water partition coefficient (Wildman–Crippen LogP) is 17.6. The Bertz CT molecular complexity index is 2240. The van der Waals surface area contributed by atoms with E-state index in [9.17, 15) is 0 Å². The third-order valence-corrected chi connectivity index (χ3v) is 15.3. The Morgan fingerprint density at radius 3 is 0.803 bits per heavy atom. The first-order valence-electron chi connectivity index (χ1n) is 21.1. The van der Waals surface area contributed by atoms with Crippen molar-refractivity contribution in [3.8, 4) is 17.2 Å². The van der Waals surface area contributed by atoms with Crippen LogP contribution in [0, 0.1) is 41.5 Å². The first-order chi connectivity index (χ1) is 28.5. The Balaban J connectivity index is 1.28. The van der Waals surface area contributed by atoms with Crippen molar-refractivity contribution in [3.05, 3.63) is 159 Å². The Kier molecular flexibility index (Phi) is 14.5. The van der Waals surface area contributed by atoms with Crippen molar-refractivity contribution < 1.29 is 13.6 Å². The van der Waals surface area contributed by atoms with Crippen LogP contribution >= 0.6 is 43.9 Å². The smallest absolute Gasteiger partial charge is 0.408 e. The summed E-state index contributed by atoms with van der Waals surface area (Å²) in [6, 6.07) is 39.1. The van der Waals surface area contributed by atoms with Gasteiger partial charge in [0.05, 0.1) is 0 Å². The van der Waals surface area contributed by atoms with Crippen molar-refractivity contribution >= 4 is 43.9 Å². The molecule has 0 bridgehead atoms. The van der Waals surface area contributed by atoms with Crippen molar-refractivity contribution in [2.75, 3.05) is 0 Å². The molecule has 6 rings (SSSR count). The number of hydrogen-bond donors (Lipinski definition) is 0. The molecule has 320 valence electrons. The topological polar surface area (TPSA) is 27.7 Å². The maximum absolute atomic E-state index is 6.66. The zero-order valence-corrected chi connectivity index (χ0v) is 42.1. The van der Waals surface area contributed by atoms with Gasteiger partial charge in [0.25, 0.3) is 0 Å². The van der Waals surface area contributed by atoms with Crippen LogP contribution in [0.1, 0.15) is 112 Å². The Morgan fingerprint density at radius 2 is 0.574 bits per heavy atom. The third-order valence-electron chi connectivity index (χ3n) is 10.5. The van der Waals surface area contributed by atoms with Crippen LogP contribution in [0.3, 0.4) is 0 Å². The second kappa shape index (κ2) is 18.9. The summed E-state index contributed by atoms with van der Waals surface area (Å²) in [6.07, 6.45) is 0. The first kappa shape index (κ1) is 46.7. The summed E-state index contributed by atoms with van der Waals surface area (Å²) in [4.78, 5) is 7.37. The molecule has 0 aromatic heterocycles. The number of rotatable bonds is 12. The lowest BCUT2D eigenvalue weighted by Crippen LogP contribution is -2.12. The highest BCUT2D eigenvalue weighted by Gasteiger charge is 2.25. The van der Waals surface area contributed by atoms with Crippen molar-refractivity contribution in [1.29, 1.82) is 0 Å². The van der Waals surface area contributed by atoms with E-state index in [1.165, 1.54) is 62.8 Å². The summed E-state index contributed by atoms with van der Waals surface area (Å²) in [5.74, 6) is 2.09. The van der Waals surface area contributed by atoms with Gasteiger partial charge in [0.15, 0.2) is 0 Å². The van der Waals surface area contributed by atoms with Gasteiger partial charge in [-0.2, -0.15) is 0 Å². The molecule has 3 nitrogen and oxygen atoms in total. The molecule has 0 aliphatic rings. The lowest BCUT2D eigenvalue weighted by Gasteiger charge is -2.24. The number of benzene rings is 6. The monoisotopic (exact) mass is 886 g/mol. The standard InChI is InChI=1S/C54H63O3PS3/c1-34-16-22-49(43(28-34)52(7,8)9)59-46-25-19-40(31-37(46)4)55-58(56-41-20-26-47(38(5)32-41)60-50-23-17-35(2)29-44(50)53(10,11)12)57-42-21-27-48(39(6)33-42)61-51-24-18-36(3)30-45(51)54(13,14)15/h16-33H,1-15H3. The van der Waals surface area contributed by atoms with Crippen molar-refractivity contribution in [1.82, 2.24) is 0 Å². The summed E-state index contributed by atoms with van der Waals surface area (Å²) in [5.41, 5.74) is 11.4. The first-order valence-corrected chi connectivity index (χ1v) is 24.6. The fourth-order valence-electron chi connectivity index (χ4n) is 7.01. The molecule has 0 N–H and O–H groups in total. The average molecular weight is 887 g/mol. The second-order valence-corrected chi connectivity index (χ2v) is 23.6. The molecule has 61 heavy (non-hydrogen) atoms. The molecule has 6 aromatic carbocycles. The van der Waals surface area contributed by atoms with Crippen LogP contribution in [0.5, 0.6) is 17.2 Å². The molecule has 0 aliphatic carbocycles. The lowest BCUT2D eigenvalue weighted by atomic mass is 9.86. The maximum atomic E-state index is 6.66. The third kappa shape index (κ3) is 12.2. The van der Waals surface area contributed by atoms with Gasteiger partial charge in [0.1, 0.15) is 17.2 Å². The Labute approximate surface area is 381 Å². The van der Waals surface area contributed by atoms with E-state index in [4.69, 9.17) is 13.6 Å². The molecule has 0 amide bonds. The zero-order chi connectivity index (χ0) is 44.4. The second-order valence-electron chi connectivity index (χ2n) is 19.3. The van der Waals surface area contributed by atoms with E-state index in [1.807, 2.05) is 18.2 Å². The van der Waals surface area contributed by atoms with Gasteiger partial charge in [0.2, 0.25) is 0 Å². The van der Waals surface area contributed by atoms with Crippen molar-refractivity contribution in [3.63, 3.8) is 0 Å².